The standard InChI is InChI=1S/C13H21N3O/c14-7-2-8-16(11-3-4-11)12(17)9-13(10-15)5-1-6-13/h11H,1-6,8-10,15H2. The van der Waals surface area contributed by atoms with Crippen LogP contribution in [-0.4, -0.2) is 29.9 Å². The number of carbonyl (C=O) groups is 1. The van der Waals surface area contributed by atoms with Gasteiger partial charge < -0.3 is 10.6 Å². The van der Waals surface area contributed by atoms with E-state index in [4.69, 9.17) is 11.0 Å². The Labute approximate surface area is 103 Å². The third-order valence-electron chi connectivity index (χ3n) is 4.15. The molecule has 0 aromatic heterocycles. The summed E-state index contributed by atoms with van der Waals surface area (Å²) in [5, 5.41) is 8.63. The Kier molecular flexibility index (Phi) is 3.68. The molecule has 2 fully saturated rings. The van der Waals surface area contributed by atoms with E-state index in [1.807, 2.05) is 4.90 Å². The summed E-state index contributed by atoms with van der Waals surface area (Å²) >= 11 is 0. The average Bonchev–Trinajstić information content (AvgIpc) is 3.08. The maximum Gasteiger partial charge on any atom is 0.223 e. The van der Waals surface area contributed by atoms with Crippen molar-refractivity contribution in [3.63, 3.8) is 0 Å². The SMILES string of the molecule is N#CCCN(C(=O)CC1(CN)CCC1)C1CC1. The number of hydrogen-bond donors (Lipinski definition) is 1. The minimum absolute atomic E-state index is 0.0802. The van der Waals surface area contributed by atoms with Gasteiger partial charge in [0.25, 0.3) is 0 Å². The summed E-state index contributed by atoms with van der Waals surface area (Å²) in [7, 11) is 0. The Morgan fingerprint density at radius 2 is 2.18 bits per heavy atom. The van der Waals surface area contributed by atoms with Crippen LogP contribution in [0.15, 0.2) is 0 Å². The predicted octanol–water partition coefficient (Wildman–Crippen LogP) is 1.41. The third-order valence-corrected chi connectivity index (χ3v) is 4.15. The lowest BCUT2D eigenvalue weighted by molar-refractivity contribution is -0.135. The third kappa shape index (κ3) is 2.78. The van der Waals surface area contributed by atoms with Crippen molar-refractivity contribution < 1.29 is 4.79 Å². The first kappa shape index (κ1) is 12.4. The number of nitriles is 1. The second-order valence-corrected chi connectivity index (χ2v) is 5.46. The Bertz CT molecular complexity index is 321. The molecule has 2 N–H and O–H groups in total. The Balaban J connectivity index is 1.89. The van der Waals surface area contributed by atoms with Crippen molar-refractivity contribution in [1.29, 1.82) is 5.26 Å². The second kappa shape index (κ2) is 5.05. The van der Waals surface area contributed by atoms with E-state index in [-0.39, 0.29) is 11.3 Å². The van der Waals surface area contributed by atoms with E-state index in [9.17, 15) is 4.79 Å². The first-order valence-electron chi connectivity index (χ1n) is 6.57. The van der Waals surface area contributed by atoms with Gasteiger partial charge in [0.1, 0.15) is 0 Å². The van der Waals surface area contributed by atoms with Crippen molar-refractivity contribution >= 4 is 5.91 Å². The highest BCUT2D eigenvalue weighted by molar-refractivity contribution is 5.77. The molecule has 2 rings (SSSR count). The van der Waals surface area contributed by atoms with Crippen LogP contribution >= 0.6 is 0 Å². The zero-order valence-corrected chi connectivity index (χ0v) is 10.3. The maximum atomic E-state index is 12.3. The molecular formula is C13H21N3O. The molecule has 94 valence electrons. The smallest absolute Gasteiger partial charge is 0.223 e. The summed E-state index contributed by atoms with van der Waals surface area (Å²) in [6, 6.07) is 2.53. The molecule has 0 aromatic carbocycles. The zero-order chi connectivity index (χ0) is 12.3. The maximum absolute atomic E-state index is 12.3. The Hall–Kier alpha value is -1.08. The fraction of sp³-hybridized carbons (Fsp3) is 0.846. The van der Waals surface area contributed by atoms with Crippen LogP contribution in [0.1, 0.15) is 44.9 Å². The van der Waals surface area contributed by atoms with Crippen molar-refractivity contribution in [1.82, 2.24) is 4.90 Å². The van der Waals surface area contributed by atoms with Crippen LogP contribution in [0, 0.1) is 16.7 Å². The van der Waals surface area contributed by atoms with E-state index in [0.717, 1.165) is 25.7 Å². The minimum Gasteiger partial charge on any atom is -0.339 e. The second-order valence-electron chi connectivity index (χ2n) is 5.46. The molecule has 0 aromatic rings. The molecule has 0 bridgehead atoms. The highest BCUT2D eigenvalue weighted by Crippen LogP contribution is 2.44. The van der Waals surface area contributed by atoms with Gasteiger partial charge in [-0.25, -0.2) is 0 Å². The molecule has 0 spiro atoms. The van der Waals surface area contributed by atoms with Crippen LogP contribution in [0.5, 0.6) is 0 Å². The molecule has 0 unspecified atom stereocenters. The van der Waals surface area contributed by atoms with E-state index < -0.39 is 0 Å². The number of nitrogens with zero attached hydrogens (tertiary/aromatic N) is 2. The van der Waals surface area contributed by atoms with Gasteiger partial charge in [0.15, 0.2) is 0 Å². The van der Waals surface area contributed by atoms with Gasteiger partial charge in [-0.15, -0.1) is 0 Å². The van der Waals surface area contributed by atoms with Crippen LogP contribution in [0.25, 0.3) is 0 Å². The molecular weight excluding hydrogens is 214 g/mol. The summed E-state index contributed by atoms with van der Waals surface area (Å²) in [4.78, 5) is 14.2. The number of nitrogens with two attached hydrogens (primary N) is 1. The predicted molar refractivity (Wildman–Crippen MR) is 64.9 cm³/mol. The first-order valence-corrected chi connectivity index (χ1v) is 6.57. The number of carbonyl (C=O) groups excluding carboxylic acids is 1. The van der Waals surface area contributed by atoms with Gasteiger partial charge in [0.2, 0.25) is 5.91 Å². The zero-order valence-electron chi connectivity index (χ0n) is 10.3. The van der Waals surface area contributed by atoms with E-state index in [1.165, 1.54) is 6.42 Å². The van der Waals surface area contributed by atoms with Crippen molar-refractivity contribution in [2.45, 2.75) is 51.0 Å². The lowest BCUT2D eigenvalue weighted by atomic mass is 9.66. The summed E-state index contributed by atoms with van der Waals surface area (Å²) in [5.74, 6) is 0.216. The van der Waals surface area contributed by atoms with Crippen molar-refractivity contribution in [3.8, 4) is 6.07 Å². The van der Waals surface area contributed by atoms with Gasteiger partial charge in [0, 0.05) is 19.0 Å². The van der Waals surface area contributed by atoms with E-state index in [0.29, 0.717) is 32.0 Å². The Morgan fingerprint density at radius 3 is 2.59 bits per heavy atom. The molecule has 1 amide bonds. The fourth-order valence-corrected chi connectivity index (χ4v) is 2.62. The topological polar surface area (TPSA) is 70.1 Å². The average molecular weight is 235 g/mol. The van der Waals surface area contributed by atoms with Gasteiger partial charge in [0.05, 0.1) is 12.5 Å². The molecule has 4 nitrogen and oxygen atoms in total. The molecule has 0 radical (unpaired) electrons. The summed E-state index contributed by atoms with van der Waals surface area (Å²) in [6.07, 6.45) is 6.62. The van der Waals surface area contributed by atoms with Crippen molar-refractivity contribution in [3.05, 3.63) is 0 Å². The minimum atomic E-state index is 0.0802. The first-order chi connectivity index (χ1) is 8.21. The highest BCUT2D eigenvalue weighted by atomic mass is 16.2. The normalized spacial score (nSPS) is 21.4. The molecule has 17 heavy (non-hydrogen) atoms. The molecule has 2 aliphatic rings. The van der Waals surface area contributed by atoms with Gasteiger partial charge >= 0.3 is 0 Å². The summed E-state index contributed by atoms with van der Waals surface area (Å²) in [5.41, 5.74) is 5.87. The van der Waals surface area contributed by atoms with Crippen LogP contribution in [0.2, 0.25) is 0 Å². The van der Waals surface area contributed by atoms with Crippen LogP contribution < -0.4 is 5.73 Å². The Morgan fingerprint density at radius 1 is 1.47 bits per heavy atom. The fourth-order valence-electron chi connectivity index (χ4n) is 2.62. The van der Waals surface area contributed by atoms with E-state index in [2.05, 4.69) is 6.07 Å². The van der Waals surface area contributed by atoms with Crippen LogP contribution in [0.3, 0.4) is 0 Å². The summed E-state index contributed by atoms with van der Waals surface area (Å²) in [6.45, 7) is 1.22. The number of hydrogen-bond acceptors (Lipinski definition) is 3. The van der Waals surface area contributed by atoms with Crippen LogP contribution in [-0.2, 0) is 4.79 Å². The molecule has 2 saturated carbocycles. The van der Waals surface area contributed by atoms with E-state index in [1.54, 1.807) is 0 Å². The van der Waals surface area contributed by atoms with Gasteiger partial charge in [-0.1, -0.05) is 6.42 Å². The molecule has 0 saturated heterocycles. The van der Waals surface area contributed by atoms with E-state index >= 15 is 0 Å². The monoisotopic (exact) mass is 235 g/mol. The number of amides is 1. The van der Waals surface area contributed by atoms with Crippen molar-refractivity contribution in [2.24, 2.45) is 11.1 Å². The molecule has 0 atom stereocenters. The van der Waals surface area contributed by atoms with Crippen molar-refractivity contribution in [2.75, 3.05) is 13.1 Å². The molecule has 4 heteroatoms. The lowest BCUT2D eigenvalue weighted by Crippen LogP contribution is -2.44. The quantitative estimate of drug-likeness (QED) is 0.756. The van der Waals surface area contributed by atoms with Gasteiger partial charge in [-0.3, -0.25) is 4.79 Å². The van der Waals surface area contributed by atoms with Gasteiger partial charge in [-0.05, 0) is 37.6 Å². The highest BCUT2D eigenvalue weighted by Gasteiger charge is 2.41. The number of rotatable bonds is 6. The molecule has 0 aliphatic heterocycles. The molecule has 2 aliphatic carbocycles. The summed E-state index contributed by atoms with van der Waals surface area (Å²) < 4.78 is 0. The largest absolute Gasteiger partial charge is 0.339 e. The molecule has 0 heterocycles. The lowest BCUT2D eigenvalue weighted by Gasteiger charge is -2.41. The van der Waals surface area contributed by atoms with Gasteiger partial charge in [-0.2, -0.15) is 5.26 Å². The van der Waals surface area contributed by atoms with Crippen LogP contribution in [0.4, 0.5) is 0 Å².